The molecule has 0 unspecified atom stereocenters. The van der Waals surface area contributed by atoms with Crippen molar-refractivity contribution in [2.75, 3.05) is 19.2 Å². The Hall–Kier alpha value is -2.88. The minimum absolute atomic E-state index is 0.123. The summed E-state index contributed by atoms with van der Waals surface area (Å²) in [6.45, 7) is 10.1. The molecule has 0 spiro atoms. The molecule has 0 radical (unpaired) electrons. The molecule has 2 aliphatic rings. The van der Waals surface area contributed by atoms with Crippen molar-refractivity contribution in [3.05, 3.63) is 56.9 Å². The van der Waals surface area contributed by atoms with Gasteiger partial charge >= 0.3 is 0 Å². The highest BCUT2D eigenvalue weighted by Crippen LogP contribution is 2.48. The molecule has 0 aliphatic carbocycles. The van der Waals surface area contributed by atoms with E-state index in [2.05, 4.69) is 42.8 Å². The molecular formula is C27H32N2O4. The zero-order chi connectivity index (χ0) is 24.1. The Morgan fingerprint density at radius 1 is 1.24 bits per heavy atom. The van der Waals surface area contributed by atoms with Crippen LogP contribution in [0.2, 0.25) is 0 Å². The summed E-state index contributed by atoms with van der Waals surface area (Å²) in [5.74, 6) is 6.31. The van der Waals surface area contributed by atoms with Crippen LogP contribution >= 0.6 is 0 Å². The van der Waals surface area contributed by atoms with Crippen molar-refractivity contribution in [1.82, 2.24) is 4.68 Å². The predicted octanol–water partition coefficient (Wildman–Crippen LogP) is 4.21. The fourth-order valence-electron chi connectivity index (χ4n) is 4.86. The van der Waals surface area contributed by atoms with Gasteiger partial charge in [-0.25, -0.2) is 0 Å². The van der Waals surface area contributed by atoms with Crippen molar-refractivity contribution in [3.63, 3.8) is 0 Å². The number of Topliss-reactive ketones (excluding diaryl/α,β-unsaturated/α-hetero) is 1. The summed E-state index contributed by atoms with van der Waals surface area (Å²) in [5, 5.41) is 2.31. The van der Waals surface area contributed by atoms with Gasteiger partial charge in [-0.3, -0.25) is 19.3 Å². The number of benzene rings is 1. The van der Waals surface area contributed by atoms with Crippen LogP contribution in [0.1, 0.15) is 80.6 Å². The Labute approximate surface area is 195 Å². The van der Waals surface area contributed by atoms with E-state index in [4.69, 9.17) is 9.47 Å². The Bertz CT molecular complexity index is 1240. The normalized spacial score (nSPS) is 18.2. The second-order valence-corrected chi connectivity index (χ2v) is 10.0. The summed E-state index contributed by atoms with van der Waals surface area (Å²) < 4.78 is 13.0. The standard InChI is InChI=1S/C27H32N2O4/c1-17(30)22-15-28-24(14-25(22)31)21-13-19(16-32-6)18(8-11-27(4,5)33-7)12-20(21)23-9-10-26(2,3)29(23)28/h12-15,23H,9-10,16H2,1-7H3/t23-/m1/s1. The number of methoxy groups -OCH3 is 2. The van der Waals surface area contributed by atoms with Gasteiger partial charge in [-0.05, 0) is 70.7 Å². The van der Waals surface area contributed by atoms with Gasteiger partial charge in [0.2, 0.25) is 0 Å². The zero-order valence-corrected chi connectivity index (χ0v) is 20.5. The van der Waals surface area contributed by atoms with Crippen LogP contribution in [0.3, 0.4) is 0 Å². The lowest BCUT2D eigenvalue weighted by Gasteiger charge is -2.44. The van der Waals surface area contributed by atoms with Crippen LogP contribution in [0.15, 0.2) is 29.2 Å². The van der Waals surface area contributed by atoms with E-state index in [1.165, 1.54) is 6.92 Å². The topological polar surface area (TPSA) is 60.8 Å². The molecule has 1 fully saturated rings. The monoisotopic (exact) mass is 448 g/mol. The number of carbonyl (C=O) groups is 1. The lowest BCUT2D eigenvalue weighted by Crippen LogP contribution is -2.50. The number of hydrogen-bond acceptors (Lipinski definition) is 5. The molecule has 1 aromatic carbocycles. The molecule has 33 heavy (non-hydrogen) atoms. The van der Waals surface area contributed by atoms with E-state index in [0.717, 1.165) is 40.8 Å². The summed E-state index contributed by atoms with van der Waals surface area (Å²) in [7, 11) is 3.31. The number of pyridine rings is 1. The highest BCUT2D eigenvalue weighted by Gasteiger charge is 2.45. The van der Waals surface area contributed by atoms with Gasteiger partial charge in [0.15, 0.2) is 11.2 Å². The molecule has 0 bridgehead atoms. The maximum Gasteiger partial charge on any atom is 0.193 e. The molecule has 2 aromatic rings. The van der Waals surface area contributed by atoms with Crippen LogP contribution in [-0.4, -0.2) is 35.8 Å². The highest BCUT2D eigenvalue weighted by molar-refractivity contribution is 5.94. The number of nitrogens with zero attached hydrogens (tertiary/aromatic N) is 2. The molecule has 0 saturated carbocycles. The number of aromatic nitrogens is 1. The van der Waals surface area contributed by atoms with Crippen molar-refractivity contribution < 1.29 is 14.3 Å². The molecule has 0 N–H and O–H groups in total. The van der Waals surface area contributed by atoms with Crippen LogP contribution in [0.5, 0.6) is 0 Å². The third-order valence-corrected chi connectivity index (χ3v) is 6.81. The average molecular weight is 449 g/mol. The lowest BCUT2D eigenvalue weighted by atomic mass is 9.89. The molecule has 1 aromatic heterocycles. The molecule has 6 nitrogen and oxygen atoms in total. The summed E-state index contributed by atoms with van der Waals surface area (Å²) in [6, 6.07) is 5.95. The first-order chi connectivity index (χ1) is 15.5. The molecule has 6 heteroatoms. The van der Waals surface area contributed by atoms with Gasteiger partial charge in [0.05, 0.1) is 29.4 Å². The average Bonchev–Trinajstić information content (AvgIpc) is 3.07. The van der Waals surface area contributed by atoms with E-state index >= 15 is 0 Å². The minimum Gasteiger partial charge on any atom is -0.380 e. The Morgan fingerprint density at radius 3 is 2.61 bits per heavy atom. The Kier molecular flexibility index (Phi) is 5.76. The van der Waals surface area contributed by atoms with Gasteiger partial charge in [-0.15, -0.1) is 0 Å². The SMILES string of the molecule is COCc1cc2c(cc1C#CC(C)(C)OC)[C@H]1CCC(C)(C)N1n1cc(C(C)=O)c(=O)cc1-2. The van der Waals surface area contributed by atoms with E-state index in [1.807, 2.05) is 18.5 Å². The van der Waals surface area contributed by atoms with Crippen LogP contribution in [0, 0.1) is 11.8 Å². The molecular weight excluding hydrogens is 416 g/mol. The first-order valence-corrected chi connectivity index (χ1v) is 11.3. The highest BCUT2D eigenvalue weighted by atomic mass is 16.5. The smallest absolute Gasteiger partial charge is 0.193 e. The molecule has 3 heterocycles. The van der Waals surface area contributed by atoms with Gasteiger partial charge in [-0.1, -0.05) is 11.8 Å². The zero-order valence-electron chi connectivity index (χ0n) is 20.5. The number of carbonyl (C=O) groups excluding carboxylic acids is 1. The molecule has 4 rings (SSSR count). The maximum absolute atomic E-state index is 12.8. The summed E-state index contributed by atoms with van der Waals surface area (Å²) >= 11 is 0. The Balaban J connectivity index is 2.00. The van der Waals surface area contributed by atoms with E-state index < -0.39 is 5.60 Å². The second-order valence-electron chi connectivity index (χ2n) is 10.0. The first kappa shape index (κ1) is 23.3. The number of fused-ring (bicyclic) bond motifs is 6. The number of ketones is 1. The summed E-state index contributed by atoms with van der Waals surface area (Å²) in [6.07, 6.45) is 3.68. The molecule has 174 valence electrons. The molecule has 1 saturated heterocycles. The fourth-order valence-corrected chi connectivity index (χ4v) is 4.86. The maximum atomic E-state index is 12.8. The second kappa shape index (κ2) is 8.16. The molecule has 1 atom stereocenters. The van der Waals surface area contributed by atoms with Gasteiger partial charge in [0.25, 0.3) is 0 Å². The third-order valence-electron chi connectivity index (χ3n) is 6.81. The Morgan fingerprint density at radius 2 is 1.97 bits per heavy atom. The van der Waals surface area contributed by atoms with E-state index in [9.17, 15) is 9.59 Å². The van der Waals surface area contributed by atoms with Crippen molar-refractivity contribution in [2.24, 2.45) is 0 Å². The van der Waals surface area contributed by atoms with Crippen LogP contribution < -0.4 is 10.4 Å². The van der Waals surface area contributed by atoms with Crippen molar-refractivity contribution in [2.45, 2.75) is 71.2 Å². The van der Waals surface area contributed by atoms with Crippen LogP contribution in [0.25, 0.3) is 11.3 Å². The number of ether oxygens (including phenoxy) is 2. The number of hydrogen-bond donors (Lipinski definition) is 0. The van der Waals surface area contributed by atoms with E-state index in [0.29, 0.717) is 6.61 Å². The number of rotatable bonds is 4. The van der Waals surface area contributed by atoms with Gasteiger partial charge in [-0.2, -0.15) is 0 Å². The van der Waals surface area contributed by atoms with Gasteiger partial charge in [0, 0.05) is 37.6 Å². The minimum atomic E-state index is -0.565. The largest absolute Gasteiger partial charge is 0.380 e. The third kappa shape index (κ3) is 4.01. The molecule has 2 aliphatic heterocycles. The first-order valence-electron chi connectivity index (χ1n) is 11.3. The molecule has 0 amide bonds. The summed E-state index contributed by atoms with van der Waals surface area (Å²) in [4.78, 5) is 24.9. The predicted molar refractivity (Wildman–Crippen MR) is 129 cm³/mol. The van der Waals surface area contributed by atoms with E-state index in [1.54, 1.807) is 26.5 Å². The lowest BCUT2D eigenvalue weighted by molar-refractivity contribution is 0.0741. The van der Waals surface area contributed by atoms with Gasteiger partial charge in [0.1, 0.15) is 5.60 Å². The van der Waals surface area contributed by atoms with Crippen LogP contribution in [-0.2, 0) is 16.1 Å². The van der Waals surface area contributed by atoms with E-state index in [-0.39, 0.29) is 28.4 Å². The van der Waals surface area contributed by atoms with Gasteiger partial charge < -0.3 is 9.47 Å². The quantitative estimate of drug-likeness (QED) is 0.518. The summed E-state index contributed by atoms with van der Waals surface area (Å²) in [5.41, 5.74) is 4.05. The van der Waals surface area contributed by atoms with Crippen molar-refractivity contribution in [1.29, 1.82) is 0 Å². The van der Waals surface area contributed by atoms with Crippen LogP contribution in [0.4, 0.5) is 0 Å². The van der Waals surface area contributed by atoms with Crippen molar-refractivity contribution in [3.8, 4) is 23.1 Å². The van der Waals surface area contributed by atoms with Crippen molar-refractivity contribution >= 4 is 5.78 Å². The fraction of sp³-hybridized carbons (Fsp3) is 0.481.